The molecule has 1 atom stereocenters. The van der Waals surface area contributed by atoms with E-state index in [1.54, 1.807) is 23.7 Å². The fourth-order valence-electron chi connectivity index (χ4n) is 3.97. The largest absolute Gasteiger partial charge is 0.315 e. The van der Waals surface area contributed by atoms with Gasteiger partial charge in [-0.1, -0.05) is 11.3 Å². The highest BCUT2D eigenvalue weighted by molar-refractivity contribution is 7.17. The fraction of sp³-hybridized carbons (Fsp3) is 0.318. The first-order valence-electron chi connectivity index (χ1n) is 10.3. The molecule has 5 rings (SSSR count). The molecule has 1 amide bonds. The van der Waals surface area contributed by atoms with Gasteiger partial charge >= 0.3 is 0 Å². The third kappa shape index (κ3) is 3.84. The third-order valence-electron chi connectivity index (χ3n) is 5.49. The van der Waals surface area contributed by atoms with Crippen molar-refractivity contribution in [1.82, 2.24) is 25.5 Å². The lowest BCUT2D eigenvalue weighted by molar-refractivity contribution is 0.0971. The number of aromatic nitrogens is 4. The molecular weight excluding hydrogens is 428 g/mol. The van der Waals surface area contributed by atoms with Gasteiger partial charge in [0.25, 0.3) is 5.91 Å². The summed E-state index contributed by atoms with van der Waals surface area (Å²) in [6.45, 7) is 5.72. The summed E-state index contributed by atoms with van der Waals surface area (Å²) in [5, 5.41) is 16.5. The molecule has 31 heavy (non-hydrogen) atoms. The Morgan fingerprint density at radius 1 is 1.19 bits per heavy atom. The summed E-state index contributed by atoms with van der Waals surface area (Å²) in [4.78, 5) is 24.8. The number of hydrogen-bond donors (Lipinski definition) is 1. The number of carbonyl (C=O) groups is 1. The van der Waals surface area contributed by atoms with Crippen LogP contribution in [0, 0.1) is 13.8 Å². The Bertz CT molecular complexity index is 1230. The minimum absolute atomic E-state index is 0.0455. The van der Waals surface area contributed by atoms with Gasteiger partial charge in [-0.2, -0.15) is 0 Å². The molecule has 0 aliphatic carbocycles. The number of carbonyl (C=O) groups excluding carboxylic acids is 1. The zero-order chi connectivity index (χ0) is 21.4. The highest BCUT2D eigenvalue weighted by Crippen LogP contribution is 2.35. The van der Waals surface area contributed by atoms with Crippen LogP contribution >= 0.6 is 22.7 Å². The number of piperidine rings is 1. The molecule has 0 spiro atoms. The number of hydrogen-bond acceptors (Lipinski definition) is 8. The second-order valence-corrected chi connectivity index (χ2v) is 9.75. The number of anilines is 1. The molecule has 0 bridgehead atoms. The molecule has 1 saturated heterocycles. The molecule has 158 valence electrons. The maximum atomic E-state index is 13.8. The SMILES string of the molecule is Cc1nnc(-c2ccc(C(=O)N(c3nccc4scc(C)c34)[C@@H]3CCCNC3)cn2)s1. The predicted molar refractivity (Wildman–Crippen MR) is 125 cm³/mol. The van der Waals surface area contributed by atoms with Crippen molar-refractivity contribution in [2.24, 2.45) is 0 Å². The van der Waals surface area contributed by atoms with Crippen molar-refractivity contribution in [3.05, 3.63) is 52.1 Å². The Hall–Kier alpha value is -2.75. The first-order valence-corrected chi connectivity index (χ1v) is 11.9. The van der Waals surface area contributed by atoms with Crippen LogP contribution in [0.4, 0.5) is 5.82 Å². The molecular formula is C22H22N6OS2. The van der Waals surface area contributed by atoms with Crippen LogP contribution in [-0.4, -0.2) is 45.2 Å². The minimum atomic E-state index is -0.0770. The lowest BCUT2D eigenvalue weighted by Crippen LogP contribution is -2.49. The van der Waals surface area contributed by atoms with E-state index in [9.17, 15) is 4.79 Å². The normalized spacial score (nSPS) is 16.5. The Morgan fingerprint density at radius 2 is 2.10 bits per heavy atom. The molecule has 4 aromatic rings. The van der Waals surface area contributed by atoms with E-state index >= 15 is 0 Å². The van der Waals surface area contributed by atoms with Crippen molar-refractivity contribution in [1.29, 1.82) is 0 Å². The van der Waals surface area contributed by atoms with Gasteiger partial charge in [0.15, 0.2) is 5.01 Å². The second kappa shape index (κ2) is 8.41. The third-order valence-corrected chi connectivity index (χ3v) is 7.42. The predicted octanol–water partition coefficient (Wildman–Crippen LogP) is 4.23. The van der Waals surface area contributed by atoms with Crippen LogP contribution in [0.1, 0.15) is 33.8 Å². The Kier molecular flexibility index (Phi) is 5.47. The van der Waals surface area contributed by atoms with Gasteiger partial charge in [0.05, 0.1) is 11.6 Å². The Labute approximate surface area is 188 Å². The summed E-state index contributed by atoms with van der Waals surface area (Å²) in [5.74, 6) is 0.658. The molecule has 0 saturated carbocycles. The van der Waals surface area contributed by atoms with E-state index in [-0.39, 0.29) is 11.9 Å². The summed E-state index contributed by atoms with van der Waals surface area (Å²) in [6.07, 6.45) is 5.40. The zero-order valence-corrected chi connectivity index (χ0v) is 19.0. The van der Waals surface area contributed by atoms with Gasteiger partial charge in [-0.3, -0.25) is 14.7 Å². The van der Waals surface area contributed by atoms with Crippen LogP contribution in [0.25, 0.3) is 20.8 Å². The summed E-state index contributed by atoms with van der Waals surface area (Å²) in [5.41, 5.74) is 2.41. The van der Waals surface area contributed by atoms with Gasteiger partial charge in [0, 0.05) is 29.0 Å². The van der Waals surface area contributed by atoms with Gasteiger partial charge in [0.2, 0.25) is 0 Å². The fourth-order valence-corrected chi connectivity index (χ4v) is 5.57. The summed E-state index contributed by atoms with van der Waals surface area (Å²) >= 11 is 3.17. The highest BCUT2D eigenvalue weighted by atomic mass is 32.1. The monoisotopic (exact) mass is 450 g/mol. The first-order chi connectivity index (χ1) is 15.1. The number of rotatable bonds is 4. The van der Waals surface area contributed by atoms with Crippen molar-refractivity contribution in [3.63, 3.8) is 0 Å². The van der Waals surface area contributed by atoms with Gasteiger partial charge in [-0.05, 0) is 62.4 Å². The van der Waals surface area contributed by atoms with E-state index in [0.717, 1.165) is 63.1 Å². The van der Waals surface area contributed by atoms with Gasteiger partial charge in [0.1, 0.15) is 16.5 Å². The van der Waals surface area contributed by atoms with Crippen LogP contribution in [0.2, 0.25) is 0 Å². The van der Waals surface area contributed by atoms with Crippen LogP contribution in [-0.2, 0) is 0 Å². The van der Waals surface area contributed by atoms with Crippen LogP contribution in [0.3, 0.4) is 0 Å². The summed E-state index contributed by atoms with van der Waals surface area (Å²) < 4.78 is 1.14. The minimum Gasteiger partial charge on any atom is -0.315 e. The second-order valence-electron chi connectivity index (χ2n) is 7.66. The van der Waals surface area contributed by atoms with Gasteiger partial charge in [-0.25, -0.2) is 4.98 Å². The van der Waals surface area contributed by atoms with E-state index in [4.69, 9.17) is 0 Å². The van der Waals surface area contributed by atoms with Gasteiger partial charge in [-0.15, -0.1) is 21.5 Å². The molecule has 7 nitrogen and oxygen atoms in total. The number of pyridine rings is 2. The Morgan fingerprint density at radius 3 is 2.81 bits per heavy atom. The van der Waals surface area contributed by atoms with E-state index < -0.39 is 0 Å². The lowest BCUT2D eigenvalue weighted by atomic mass is 10.0. The van der Waals surface area contributed by atoms with Crippen molar-refractivity contribution in [3.8, 4) is 10.7 Å². The summed E-state index contributed by atoms with van der Waals surface area (Å²) in [6, 6.07) is 5.72. The number of amides is 1. The highest BCUT2D eigenvalue weighted by Gasteiger charge is 2.30. The molecule has 0 radical (unpaired) electrons. The first kappa shape index (κ1) is 20.2. The maximum absolute atomic E-state index is 13.8. The van der Waals surface area contributed by atoms with Crippen molar-refractivity contribution < 1.29 is 4.79 Å². The standard InChI is InChI=1S/C22H22N6OS2/c1-13-12-30-18-7-9-24-20(19(13)18)28(16-4-3-8-23-11-16)22(29)15-5-6-17(25-10-15)21-27-26-14(2)31-21/h5-7,9-10,12,16,23H,3-4,8,11H2,1-2H3/t16-/m1/s1. The average Bonchev–Trinajstić information content (AvgIpc) is 3.41. The van der Waals surface area contributed by atoms with E-state index in [1.165, 1.54) is 11.3 Å². The van der Waals surface area contributed by atoms with Crippen molar-refractivity contribution in [2.45, 2.75) is 32.7 Å². The average molecular weight is 451 g/mol. The van der Waals surface area contributed by atoms with Crippen molar-refractivity contribution >= 4 is 44.5 Å². The molecule has 0 aromatic carbocycles. The number of nitrogens with zero attached hydrogens (tertiary/aromatic N) is 5. The molecule has 9 heteroatoms. The molecule has 1 aliphatic heterocycles. The molecule has 0 unspecified atom stereocenters. The number of thiophene rings is 1. The topological polar surface area (TPSA) is 83.9 Å². The molecule has 1 aliphatic rings. The Balaban J connectivity index is 1.55. The van der Waals surface area contributed by atoms with Crippen LogP contribution in [0.5, 0.6) is 0 Å². The number of aryl methyl sites for hydroxylation is 2. The maximum Gasteiger partial charge on any atom is 0.261 e. The number of nitrogens with one attached hydrogen (secondary N) is 1. The van der Waals surface area contributed by atoms with E-state index in [2.05, 4.69) is 37.8 Å². The lowest BCUT2D eigenvalue weighted by Gasteiger charge is -2.34. The number of fused-ring (bicyclic) bond motifs is 1. The van der Waals surface area contributed by atoms with E-state index in [1.807, 2.05) is 30.0 Å². The van der Waals surface area contributed by atoms with Crippen molar-refractivity contribution in [2.75, 3.05) is 18.0 Å². The van der Waals surface area contributed by atoms with Gasteiger partial charge < -0.3 is 5.32 Å². The zero-order valence-electron chi connectivity index (χ0n) is 17.3. The molecule has 1 N–H and O–H groups in total. The quantitative estimate of drug-likeness (QED) is 0.501. The molecule has 5 heterocycles. The molecule has 4 aromatic heterocycles. The van der Waals surface area contributed by atoms with E-state index in [0.29, 0.717) is 5.56 Å². The summed E-state index contributed by atoms with van der Waals surface area (Å²) in [7, 11) is 0. The van der Waals surface area contributed by atoms with Crippen LogP contribution < -0.4 is 10.2 Å². The smallest absolute Gasteiger partial charge is 0.261 e. The van der Waals surface area contributed by atoms with Crippen LogP contribution in [0.15, 0.2) is 36.0 Å². The molecule has 1 fully saturated rings.